The van der Waals surface area contributed by atoms with E-state index in [0.29, 0.717) is 12.8 Å². The maximum absolute atomic E-state index is 11.7. The SMILES string of the molecule is Cc1ncsc1-c1ccc(CCC(=O)OC(C)(C)C)cc1. The van der Waals surface area contributed by atoms with Gasteiger partial charge in [0.1, 0.15) is 5.60 Å². The quantitative estimate of drug-likeness (QED) is 0.786. The first-order chi connectivity index (χ1) is 9.85. The predicted molar refractivity (Wildman–Crippen MR) is 86.5 cm³/mol. The Labute approximate surface area is 130 Å². The summed E-state index contributed by atoms with van der Waals surface area (Å²) in [6, 6.07) is 8.31. The molecular weight excluding hydrogens is 282 g/mol. The van der Waals surface area contributed by atoms with E-state index < -0.39 is 5.60 Å². The first-order valence-corrected chi connectivity index (χ1v) is 7.94. The van der Waals surface area contributed by atoms with Crippen LogP contribution in [0.25, 0.3) is 10.4 Å². The lowest BCUT2D eigenvalue weighted by molar-refractivity contribution is -0.154. The van der Waals surface area contributed by atoms with Crippen molar-refractivity contribution in [1.82, 2.24) is 4.98 Å². The number of thiazole rings is 1. The zero-order chi connectivity index (χ0) is 15.5. The monoisotopic (exact) mass is 303 g/mol. The average Bonchev–Trinajstić information content (AvgIpc) is 2.81. The molecule has 4 heteroatoms. The van der Waals surface area contributed by atoms with Gasteiger partial charge in [-0.2, -0.15) is 0 Å². The van der Waals surface area contributed by atoms with Crippen molar-refractivity contribution >= 4 is 17.3 Å². The van der Waals surface area contributed by atoms with Crippen LogP contribution >= 0.6 is 11.3 Å². The fourth-order valence-corrected chi connectivity index (χ4v) is 2.85. The minimum atomic E-state index is -0.412. The molecule has 0 bridgehead atoms. The number of hydrogen-bond donors (Lipinski definition) is 0. The van der Waals surface area contributed by atoms with Crippen LogP contribution in [0.4, 0.5) is 0 Å². The Morgan fingerprint density at radius 3 is 2.43 bits per heavy atom. The van der Waals surface area contributed by atoms with Crippen molar-refractivity contribution in [3.05, 3.63) is 41.0 Å². The van der Waals surface area contributed by atoms with Gasteiger partial charge in [-0.3, -0.25) is 4.79 Å². The van der Waals surface area contributed by atoms with Gasteiger partial charge < -0.3 is 4.74 Å². The third-order valence-electron chi connectivity index (χ3n) is 3.00. The third kappa shape index (κ3) is 4.67. The second kappa shape index (κ2) is 6.39. The molecule has 1 aromatic carbocycles. The summed E-state index contributed by atoms with van der Waals surface area (Å²) >= 11 is 1.65. The summed E-state index contributed by atoms with van der Waals surface area (Å²) in [6.45, 7) is 7.67. The molecule has 0 unspecified atom stereocenters. The molecule has 0 aliphatic rings. The van der Waals surface area contributed by atoms with Gasteiger partial charge in [0.05, 0.1) is 16.1 Å². The van der Waals surface area contributed by atoms with Gasteiger partial charge in [-0.15, -0.1) is 11.3 Å². The third-order valence-corrected chi connectivity index (χ3v) is 3.98. The van der Waals surface area contributed by atoms with Crippen LogP contribution in [0.3, 0.4) is 0 Å². The van der Waals surface area contributed by atoms with Crippen LogP contribution in [-0.2, 0) is 16.0 Å². The number of esters is 1. The highest BCUT2D eigenvalue weighted by atomic mass is 32.1. The van der Waals surface area contributed by atoms with Gasteiger partial charge in [-0.1, -0.05) is 24.3 Å². The highest BCUT2D eigenvalue weighted by molar-refractivity contribution is 7.13. The van der Waals surface area contributed by atoms with E-state index in [4.69, 9.17) is 4.74 Å². The minimum absolute atomic E-state index is 0.148. The van der Waals surface area contributed by atoms with Crippen molar-refractivity contribution in [3.63, 3.8) is 0 Å². The first kappa shape index (κ1) is 15.7. The Balaban J connectivity index is 1.94. The van der Waals surface area contributed by atoms with Gasteiger partial charge in [0.2, 0.25) is 0 Å². The molecule has 0 spiro atoms. The number of ether oxygens (including phenoxy) is 1. The Bertz CT molecular complexity index is 608. The largest absolute Gasteiger partial charge is 0.460 e. The molecule has 0 saturated heterocycles. The maximum atomic E-state index is 11.7. The van der Waals surface area contributed by atoms with Gasteiger partial charge in [-0.05, 0) is 45.2 Å². The van der Waals surface area contributed by atoms with Gasteiger partial charge in [0.25, 0.3) is 0 Å². The number of rotatable bonds is 4. The molecule has 0 N–H and O–H groups in total. The van der Waals surface area contributed by atoms with Gasteiger partial charge in [0, 0.05) is 6.42 Å². The molecule has 21 heavy (non-hydrogen) atoms. The van der Waals surface area contributed by atoms with Crippen LogP contribution in [0.15, 0.2) is 29.8 Å². The highest BCUT2D eigenvalue weighted by Gasteiger charge is 2.15. The summed E-state index contributed by atoms with van der Waals surface area (Å²) in [5, 5.41) is 0. The standard InChI is InChI=1S/C17H21NO2S/c1-12-16(21-11-18-12)14-8-5-13(6-9-14)7-10-15(19)20-17(2,3)4/h5-6,8-9,11H,7,10H2,1-4H3. The van der Waals surface area contributed by atoms with E-state index in [2.05, 4.69) is 29.2 Å². The fourth-order valence-electron chi connectivity index (χ4n) is 2.04. The van der Waals surface area contributed by atoms with Gasteiger partial charge in [-0.25, -0.2) is 4.98 Å². The van der Waals surface area contributed by atoms with E-state index in [1.54, 1.807) is 11.3 Å². The second-order valence-corrected chi connectivity index (χ2v) is 6.91. The van der Waals surface area contributed by atoms with E-state index in [-0.39, 0.29) is 5.97 Å². The molecule has 0 amide bonds. The number of hydrogen-bond acceptors (Lipinski definition) is 4. The van der Waals surface area contributed by atoms with Gasteiger partial charge >= 0.3 is 5.97 Å². The van der Waals surface area contributed by atoms with Crippen molar-refractivity contribution in [3.8, 4) is 10.4 Å². The maximum Gasteiger partial charge on any atom is 0.306 e. The van der Waals surface area contributed by atoms with Gasteiger partial charge in [0.15, 0.2) is 0 Å². The minimum Gasteiger partial charge on any atom is -0.460 e. The smallest absolute Gasteiger partial charge is 0.306 e. The zero-order valence-electron chi connectivity index (χ0n) is 13.0. The number of aryl methyl sites for hydroxylation is 2. The van der Waals surface area contributed by atoms with E-state index in [0.717, 1.165) is 11.3 Å². The predicted octanol–water partition coefficient (Wildman–Crippen LogP) is 4.39. The highest BCUT2D eigenvalue weighted by Crippen LogP contribution is 2.27. The summed E-state index contributed by atoms with van der Waals surface area (Å²) in [4.78, 5) is 17.2. The van der Waals surface area contributed by atoms with Crippen LogP contribution in [0.5, 0.6) is 0 Å². The Morgan fingerprint density at radius 1 is 1.24 bits per heavy atom. The second-order valence-electron chi connectivity index (χ2n) is 6.05. The summed E-state index contributed by atoms with van der Waals surface area (Å²) in [7, 11) is 0. The van der Waals surface area contributed by atoms with Crippen molar-refractivity contribution in [2.45, 2.75) is 46.1 Å². The van der Waals surface area contributed by atoms with Crippen LogP contribution in [-0.4, -0.2) is 16.6 Å². The molecule has 0 aliphatic carbocycles. The summed E-state index contributed by atoms with van der Waals surface area (Å²) < 4.78 is 5.31. The summed E-state index contributed by atoms with van der Waals surface area (Å²) in [5.74, 6) is -0.148. The van der Waals surface area contributed by atoms with E-state index >= 15 is 0 Å². The Morgan fingerprint density at radius 2 is 1.90 bits per heavy atom. The molecule has 0 saturated carbocycles. The lowest BCUT2D eigenvalue weighted by atomic mass is 10.1. The molecule has 3 nitrogen and oxygen atoms in total. The number of carbonyl (C=O) groups is 1. The molecule has 0 fully saturated rings. The number of aromatic nitrogens is 1. The molecule has 2 aromatic rings. The van der Waals surface area contributed by atoms with E-state index in [1.165, 1.54) is 10.4 Å². The van der Waals surface area contributed by atoms with Crippen molar-refractivity contribution in [2.75, 3.05) is 0 Å². The van der Waals surface area contributed by atoms with Crippen LogP contribution in [0, 0.1) is 6.92 Å². The lowest BCUT2D eigenvalue weighted by Crippen LogP contribution is -2.23. The molecule has 2 rings (SSSR count). The number of carbonyl (C=O) groups excluding carboxylic acids is 1. The van der Waals surface area contributed by atoms with Crippen molar-refractivity contribution in [2.24, 2.45) is 0 Å². The normalized spacial score (nSPS) is 11.4. The molecule has 0 aliphatic heterocycles. The van der Waals surface area contributed by atoms with Crippen molar-refractivity contribution in [1.29, 1.82) is 0 Å². The Kier molecular flexibility index (Phi) is 4.78. The van der Waals surface area contributed by atoms with Crippen LogP contribution in [0.1, 0.15) is 38.4 Å². The fraction of sp³-hybridized carbons (Fsp3) is 0.412. The molecule has 112 valence electrons. The van der Waals surface area contributed by atoms with E-state index in [9.17, 15) is 4.79 Å². The van der Waals surface area contributed by atoms with Crippen LogP contribution in [0.2, 0.25) is 0 Å². The number of benzene rings is 1. The molecule has 0 radical (unpaired) electrons. The number of nitrogens with zero attached hydrogens (tertiary/aromatic N) is 1. The van der Waals surface area contributed by atoms with E-state index in [1.807, 2.05) is 33.2 Å². The lowest BCUT2D eigenvalue weighted by Gasteiger charge is -2.19. The first-order valence-electron chi connectivity index (χ1n) is 7.06. The average molecular weight is 303 g/mol. The molecular formula is C17H21NO2S. The molecule has 1 heterocycles. The zero-order valence-corrected chi connectivity index (χ0v) is 13.8. The Hall–Kier alpha value is -1.68. The van der Waals surface area contributed by atoms with Crippen LogP contribution < -0.4 is 0 Å². The molecule has 1 aromatic heterocycles. The van der Waals surface area contributed by atoms with Crippen molar-refractivity contribution < 1.29 is 9.53 Å². The molecule has 0 atom stereocenters. The summed E-state index contributed by atoms with van der Waals surface area (Å²) in [5.41, 5.74) is 4.83. The topological polar surface area (TPSA) is 39.2 Å². The summed E-state index contributed by atoms with van der Waals surface area (Å²) in [6.07, 6.45) is 1.12.